The van der Waals surface area contributed by atoms with Crippen molar-refractivity contribution in [2.75, 3.05) is 0 Å². The maximum atomic E-state index is 3.23. The van der Waals surface area contributed by atoms with Crippen LogP contribution < -0.4 is 0 Å². The Morgan fingerprint density at radius 1 is 0.727 bits per heavy atom. The first-order chi connectivity index (χ1) is 15.9. The molecule has 0 spiro atoms. The van der Waals surface area contributed by atoms with Crippen LogP contribution in [0.5, 0.6) is 0 Å². The van der Waals surface area contributed by atoms with Gasteiger partial charge in [-0.15, -0.1) is 0 Å². The molecule has 4 rings (SSSR count). The number of hydrogen-bond donors (Lipinski definition) is 0. The summed E-state index contributed by atoms with van der Waals surface area (Å²) in [6.45, 7) is 15.5. The van der Waals surface area contributed by atoms with E-state index in [2.05, 4.69) is 50.6 Å². The van der Waals surface area contributed by atoms with E-state index in [0.717, 1.165) is 27.7 Å². The fourth-order valence-electron chi connectivity index (χ4n) is 9.27. The normalized spacial score (nSPS) is 32.2. The average molecular weight is 579 g/mol. The molecular weight excluding hydrogens is 521 g/mol. The molecule has 5 unspecified atom stereocenters. The Balaban J connectivity index is 1.84. The molecule has 4 aliphatic rings. The number of nitrogens with zero attached hydrogens (tertiary/aromatic N) is 1. The van der Waals surface area contributed by atoms with Crippen molar-refractivity contribution >= 4 is 26.6 Å². The fraction of sp³-hybridized carbons (Fsp3) is 0.933. The molecule has 190 valence electrons. The number of rotatable bonds is 11. The summed E-state index contributed by atoms with van der Waals surface area (Å²) in [5, 5.41) is 0. The molecular formula is C30H57NSiSn. The van der Waals surface area contributed by atoms with E-state index in [0.29, 0.717) is 0 Å². The van der Waals surface area contributed by atoms with Crippen LogP contribution in [0.1, 0.15) is 111 Å². The summed E-state index contributed by atoms with van der Waals surface area (Å²) in [5.41, 5.74) is 4.24. The summed E-state index contributed by atoms with van der Waals surface area (Å²) >= 11 is -2.35. The van der Waals surface area contributed by atoms with Crippen molar-refractivity contribution < 1.29 is 0 Å². The van der Waals surface area contributed by atoms with Gasteiger partial charge in [-0.1, -0.05) is 0 Å². The Kier molecular flexibility index (Phi) is 9.12. The van der Waals surface area contributed by atoms with Gasteiger partial charge in [-0.25, -0.2) is 0 Å². The van der Waals surface area contributed by atoms with Gasteiger partial charge >= 0.3 is 214 Å². The second-order valence-corrected chi connectivity index (χ2v) is 32.2. The van der Waals surface area contributed by atoms with Gasteiger partial charge in [-0.05, 0) is 0 Å². The van der Waals surface area contributed by atoms with Crippen LogP contribution in [-0.4, -0.2) is 37.2 Å². The predicted molar refractivity (Wildman–Crippen MR) is 152 cm³/mol. The first kappa shape index (κ1) is 26.6. The molecule has 0 bridgehead atoms. The Bertz CT molecular complexity index is 655. The van der Waals surface area contributed by atoms with Crippen LogP contribution in [0, 0.1) is 17.8 Å². The van der Waals surface area contributed by atoms with Crippen LogP contribution in [0.4, 0.5) is 0 Å². The van der Waals surface area contributed by atoms with Gasteiger partial charge in [0.25, 0.3) is 0 Å². The standard InChI is InChI=1S/C18H30NSi.3C4H9.Sn/c1-20(2,3)19-17-11-7-6-10-15(17)16-12-13-8-4-5-9-14(13)18(16)19;3*1-3-4-2;/h12-15,17H,4-11H2,1-3H3;3*1,3-4H2,2H3;. The van der Waals surface area contributed by atoms with Gasteiger partial charge in [0.05, 0.1) is 0 Å². The average Bonchev–Trinajstić information content (AvgIpc) is 3.32. The molecule has 1 heterocycles. The van der Waals surface area contributed by atoms with E-state index in [4.69, 9.17) is 0 Å². The van der Waals surface area contributed by atoms with Gasteiger partial charge in [0.1, 0.15) is 0 Å². The second kappa shape index (κ2) is 11.3. The Morgan fingerprint density at radius 3 is 1.79 bits per heavy atom. The second-order valence-electron chi connectivity index (χ2n) is 13.5. The van der Waals surface area contributed by atoms with Crippen molar-refractivity contribution in [1.82, 2.24) is 4.57 Å². The maximum absolute atomic E-state index is 3.23. The molecule has 33 heavy (non-hydrogen) atoms. The van der Waals surface area contributed by atoms with Crippen LogP contribution in [0.3, 0.4) is 0 Å². The summed E-state index contributed by atoms with van der Waals surface area (Å²) in [6, 6.07) is 0.910. The molecule has 0 saturated heterocycles. The molecule has 0 aromatic rings. The van der Waals surface area contributed by atoms with Crippen LogP contribution in [0.2, 0.25) is 36.9 Å². The minimum atomic E-state index is -2.35. The molecule has 1 aliphatic heterocycles. The zero-order chi connectivity index (χ0) is 23.6. The van der Waals surface area contributed by atoms with E-state index in [-0.39, 0.29) is 0 Å². The molecule has 0 N–H and O–H groups in total. The summed E-state index contributed by atoms with van der Waals surface area (Å²) < 4.78 is 9.53. The first-order valence-electron chi connectivity index (χ1n) is 15.4. The molecule has 3 heteroatoms. The van der Waals surface area contributed by atoms with Crippen molar-refractivity contribution in [2.24, 2.45) is 17.8 Å². The number of fused-ring (bicyclic) bond motifs is 4. The van der Waals surface area contributed by atoms with Gasteiger partial charge in [-0.3, -0.25) is 0 Å². The molecule has 0 aromatic heterocycles. The molecule has 2 saturated carbocycles. The third-order valence-electron chi connectivity index (χ3n) is 10.4. The summed E-state index contributed by atoms with van der Waals surface area (Å²) in [4.78, 5) is 0. The predicted octanol–water partition coefficient (Wildman–Crippen LogP) is 9.99. The summed E-state index contributed by atoms with van der Waals surface area (Å²) in [5.74, 6) is 3.01. The van der Waals surface area contributed by atoms with Crippen molar-refractivity contribution in [3.63, 3.8) is 0 Å². The minimum absolute atomic E-state index is 0.910. The van der Waals surface area contributed by atoms with Crippen molar-refractivity contribution in [1.29, 1.82) is 0 Å². The molecule has 1 nitrogen and oxygen atoms in total. The Labute approximate surface area is 212 Å². The van der Waals surface area contributed by atoms with Crippen LogP contribution in [0.15, 0.2) is 11.3 Å². The van der Waals surface area contributed by atoms with E-state index in [9.17, 15) is 0 Å². The summed E-state index contributed by atoms with van der Waals surface area (Å²) in [7, 11) is -1.36. The first-order valence-corrected chi connectivity index (χ1v) is 26.6. The van der Waals surface area contributed by atoms with Gasteiger partial charge in [0.15, 0.2) is 0 Å². The third kappa shape index (κ3) is 5.05. The number of unbranched alkanes of at least 4 members (excludes halogenated alkanes) is 3. The zero-order valence-corrected chi connectivity index (χ0v) is 27.2. The number of hydrogen-bond acceptors (Lipinski definition) is 1. The molecule has 0 aromatic carbocycles. The van der Waals surface area contributed by atoms with Gasteiger partial charge < -0.3 is 0 Å². The Morgan fingerprint density at radius 2 is 1.24 bits per heavy atom. The van der Waals surface area contributed by atoms with E-state index in [1.165, 1.54) is 64.2 Å². The molecule has 0 radical (unpaired) electrons. The van der Waals surface area contributed by atoms with E-state index in [1.807, 2.05) is 5.70 Å². The Hall–Kier alpha value is 0.556. The fourth-order valence-corrected chi connectivity index (χ4v) is 32.1. The molecule has 3 aliphatic carbocycles. The van der Waals surface area contributed by atoms with Crippen LogP contribution in [0.25, 0.3) is 0 Å². The van der Waals surface area contributed by atoms with Crippen LogP contribution in [-0.2, 0) is 0 Å². The third-order valence-corrected chi connectivity index (χ3v) is 29.9. The van der Waals surface area contributed by atoms with Gasteiger partial charge in [-0.2, -0.15) is 0 Å². The van der Waals surface area contributed by atoms with Gasteiger partial charge in [0.2, 0.25) is 0 Å². The van der Waals surface area contributed by atoms with Gasteiger partial charge in [0, 0.05) is 0 Å². The molecule has 0 amide bonds. The van der Waals surface area contributed by atoms with Crippen LogP contribution >= 0.6 is 0 Å². The van der Waals surface area contributed by atoms with E-state index in [1.54, 1.807) is 39.0 Å². The van der Waals surface area contributed by atoms with Crippen molar-refractivity contribution in [3.8, 4) is 0 Å². The quantitative estimate of drug-likeness (QED) is 0.221. The molecule has 2 fully saturated rings. The van der Waals surface area contributed by atoms with E-state index >= 15 is 0 Å². The zero-order valence-electron chi connectivity index (χ0n) is 23.4. The monoisotopic (exact) mass is 579 g/mol. The number of allylic oxidation sites excluding steroid dienone is 1. The summed E-state index contributed by atoms with van der Waals surface area (Å²) in [6.07, 6.45) is 21.2. The van der Waals surface area contributed by atoms with Crippen molar-refractivity contribution in [3.05, 3.63) is 11.3 Å². The topological polar surface area (TPSA) is 3.24 Å². The molecule has 5 atom stereocenters. The van der Waals surface area contributed by atoms with Crippen molar-refractivity contribution in [2.45, 2.75) is 154 Å². The van der Waals surface area contributed by atoms with E-state index < -0.39 is 26.6 Å². The SMILES string of the molecule is CCC[CH2][Sn]([CH2]CCC)([CH2]CCC)[CH]1C2=C(C3CCCCC31)N([Si](C)(C)C)C1CCCCC21.